The third-order valence-corrected chi connectivity index (χ3v) is 3.45. The van der Waals surface area contributed by atoms with Crippen LogP contribution in [0.2, 0.25) is 0 Å². The molecule has 1 aliphatic heterocycles. The van der Waals surface area contributed by atoms with E-state index in [-0.39, 0.29) is 5.91 Å². The maximum Gasteiger partial charge on any atom is 0.217 e. The standard InChI is InChI=1S/C14H27N3O/c1-3-6-16-10-12(2)11-17-7-4-13(5-8-17)9-14(15)18/h13,16H,2-11H2,1H3,(H2,15,18). The number of hydrogen-bond donors (Lipinski definition) is 2. The Hall–Kier alpha value is -0.870. The molecule has 1 amide bonds. The molecule has 0 radical (unpaired) electrons. The van der Waals surface area contributed by atoms with Gasteiger partial charge in [-0.05, 0) is 50.4 Å². The number of carbonyl (C=O) groups is 1. The van der Waals surface area contributed by atoms with E-state index in [1.54, 1.807) is 0 Å². The molecule has 0 aromatic carbocycles. The van der Waals surface area contributed by atoms with Gasteiger partial charge >= 0.3 is 0 Å². The predicted molar refractivity (Wildman–Crippen MR) is 75.3 cm³/mol. The van der Waals surface area contributed by atoms with Crippen LogP contribution >= 0.6 is 0 Å². The van der Waals surface area contributed by atoms with Gasteiger partial charge in [0, 0.05) is 19.5 Å². The molecule has 1 saturated heterocycles. The van der Waals surface area contributed by atoms with E-state index in [1.807, 2.05) is 0 Å². The van der Waals surface area contributed by atoms with Crippen molar-refractivity contribution in [1.82, 2.24) is 10.2 Å². The molecule has 0 bridgehead atoms. The molecule has 0 spiro atoms. The number of nitrogens with two attached hydrogens (primary N) is 1. The van der Waals surface area contributed by atoms with Crippen LogP contribution in [0.3, 0.4) is 0 Å². The van der Waals surface area contributed by atoms with Gasteiger partial charge in [-0.2, -0.15) is 0 Å². The summed E-state index contributed by atoms with van der Waals surface area (Å²) in [4.78, 5) is 13.3. The Morgan fingerprint density at radius 2 is 2.11 bits per heavy atom. The summed E-state index contributed by atoms with van der Waals surface area (Å²) in [6.07, 6.45) is 3.87. The minimum absolute atomic E-state index is 0.165. The first-order valence-corrected chi connectivity index (χ1v) is 6.99. The van der Waals surface area contributed by atoms with Crippen LogP contribution in [-0.4, -0.2) is 43.5 Å². The van der Waals surface area contributed by atoms with E-state index in [9.17, 15) is 4.79 Å². The lowest BCUT2D eigenvalue weighted by molar-refractivity contribution is -0.119. The molecule has 18 heavy (non-hydrogen) atoms. The number of nitrogens with zero attached hydrogens (tertiary/aromatic N) is 1. The molecule has 104 valence electrons. The Balaban J connectivity index is 2.14. The van der Waals surface area contributed by atoms with Crippen LogP contribution in [0.4, 0.5) is 0 Å². The lowest BCUT2D eigenvalue weighted by atomic mass is 9.93. The van der Waals surface area contributed by atoms with Gasteiger partial charge in [-0.3, -0.25) is 9.69 Å². The van der Waals surface area contributed by atoms with Gasteiger partial charge in [-0.15, -0.1) is 0 Å². The summed E-state index contributed by atoms with van der Waals surface area (Å²) in [5.41, 5.74) is 6.48. The summed E-state index contributed by atoms with van der Waals surface area (Å²) in [7, 11) is 0. The Morgan fingerprint density at radius 1 is 1.44 bits per heavy atom. The largest absolute Gasteiger partial charge is 0.370 e. The summed E-state index contributed by atoms with van der Waals surface area (Å²) >= 11 is 0. The molecule has 0 aliphatic carbocycles. The van der Waals surface area contributed by atoms with Gasteiger partial charge in [-0.1, -0.05) is 13.5 Å². The summed E-state index contributed by atoms with van der Waals surface area (Å²) in [5, 5.41) is 3.37. The molecule has 0 atom stereocenters. The van der Waals surface area contributed by atoms with E-state index in [0.29, 0.717) is 12.3 Å². The summed E-state index contributed by atoms with van der Waals surface area (Å²) < 4.78 is 0. The second-order valence-electron chi connectivity index (χ2n) is 5.32. The quantitative estimate of drug-likeness (QED) is 0.503. The number of primary amides is 1. The number of carbonyl (C=O) groups excluding carboxylic acids is 1. The lowest BCUT2D eigenvalue weighted by Gasteiger charge is -2.32. The number of nitrogens with one attached hydrogen (secondary N) is 1. The van der Waals surface area contributed by atoms with Crippen molar-refractivity contribution in [3.63, 3.8) is 0 Å². The van der Waals surface area contributed by atoms with E-state index in [1.165, 1.54) is 5.57 Å². The van der Waals surface area contributed by atoms with Crippen molar-refractivity contribution in [1.29, 1.82) is 0 Å². The Labute approximate surface area is 111 Å². The third-order valence-electron chi connectivity index (χ3n) is 3.45. The van der Waals surface area contributed by atoms with Gasteiger partial charge in [0.2, 0.25) is 5.91 Å². The maximum atomic E-state index is 10.9. The number of hydrogen-bond acceptors (Lipinski definition) is 3. The van der Waals surface area contributed by atoms with Gasteiger partial charge in [0.25, 0.3) is 0 Å². The Bertz CT molecular complexity index is 270. The van der Waals surface area contributed by atoms with E-state index < -0.39 is 0 Å². The number of piperidine rings is 1. The fraction of sp³-hybridized carbons (Fsp3) is 0.786. The first-order chi connectivity index (χ1) is 8.61. The van der Waals surface area contributed by atoms with Gasteiger partial charge in [0.15, 0.2) is 0 Å². The second kappa shape index (κ2) is 8.27. The molecule has 1 fully saturated rings. The molecule has 4 nitrogen and oxygen atoms in total. The zero-order chi connectivity index (χ0) is 13.4. The predicted octanol–water partition coefficient (Wildman–Crippen LogP) is 1.13. The summed E-state index contributed by atoms with van der Waals surface area (Å²) in [5.74, 6) is 0.326. The van der Waals surface area contributed by atoms with Crippen molar-refractivity contribution in [2.45, 2.75) is 32.6 Å². The zero-order valence-corrected chi connectivity index (χ0v) is 11.6. The molecule has 1 heterocycles. The normalized spacial score (nSPS) is 17.8. The zero-order valence-electron chi connectivity index (χ0n) is 11.6. The highest BCUT2D eigenvalue weighted by molar-refractivity contribution is 5.73. The molecule has 0 aromatic heterocycles. The van der Waals surface area contributed by atoms with Crippen LogP contribution in [0.5, 0.6) is 0 Å². The first-order valence-electron chi connectivity index (χ1n) is 6.99. The SMILES string of the molecule is C=C(CNCCC)CN1CCC(CC(N)=O)CC1. The first kappa shape index (κ1) is 15.2. The van der Waals surface area contributed by atoms with Gasteiger partial charge in [0.05, 0.1) is 0 Å². The van der Waals surface area contributed by atoms with E-state index >= 15 is 0 Å². The number of likely N-dealkylation sites (tertiary alicyclic amines) is 1. The van der Waals surface area contributed by atoms with Crippen LogP contribution in [0.1, 0.15) is 32.6 Å². The lowest BCUT2D eigenvalue weighted by Crippen LogP contribution is -2.37. The molecule has 0 saturated carbocycles. The van der Waals surface area contributed by atoms with Crippen LogP contribution in [0, 0.1) is 5.92 Å². The highest BCUT2D eigenvalue weighted by Crippen LogP contribution is 2.20. The van der Waals surface area contributed by atoms with E-state index in [4.69, 9.17) is 5.73 Å². The molecule has 0 unspecified atom stereocenters. The molecular weight excluding hydrogens is 226 g/mol. The average molecular weight is 253 g/mol. The summed E-state index contributed by atoms with van der Waals surface area (Å²) in [6.45, 7) is 11.3. The number of amides is 1. The van der Waals surface area contributed by atoms with Gasteiger partial charge < -0.3 is 11.1 Å². The van der Waals surface area contributed by atoms with Crippen molar-refractivity contribution < 1.29 is 4.79 Å². The van der Waals surface area contributed by atoms with E-state index in [0.717, 1.165) is 52.0 Å². The topological polar surface area (TPSA) is 58.4 Å². The van der Waals surface area contributed by atoms with Crippen molar-refractivity contribution in [2.24, 2.45) is 11.7 Å². The Morgan fingerprint density at radius 3 is 2.67 bits per heavy atom. The summed E-state index contributed by atoms with van der Waals surface area (Å²) in [6, 6.07) is 0. The average Bonchev–Trinajstić information content (AvgIpc) is 2.31. The fourth-order valence-electron chi connectivity index (χ4n) is 2.45. The van der Waals surface area contributed by atoms with Crippen LogP contribution in [0.15, 0.2) is 12.2 Å². The fourth-order valence-corrected chi connectivity index (χ4v) is 2.45. The van der Waals surface area contributed by atoms with E-state index in [2.05, 4.69) is 23.7 Å². The monoisotopic (exact) mass is 253 g/mol. The van der Waals surface area contributed by atoms with Gasteiger partial charge in [0.1, 0.15) is 0 Å². The maximum absolute atomic E-state index is 10.9. The molecule has 1 aliphatic rings. The molecule has 0 aromatic rings. The smallest absolute Gasteiger partial charge is 0.217 e. The number of rotatable bonds is 8. The second-order valence-corrected chi connectivity index (χ2v) is 5.32. The van der Waals surface area contributed by atoms with Crippen molar-refractivity contribution in [2.75, 3.05) is 32.7 Å². The van der Waals surface area contributed by atoms with Crippen molar-refractivity contribution in [3.05, 3.63) is 12.2 Å². The van der Waals surface area contributed by atoms with Crippen LogP contribution < -0.4 is 11.1 Å². The molecule has 3 N–H and O–H groups in total. The molecule has 1 rings (SSSR count). The molecule has 4 heteroatoms. The van der Waals surface area contributed by atoms with Gasteiger partial charge in [-0.25, -0.2) is 0 Å². The minimum atomic E-state index is -0.165. The molecular formula is C14H27N3O. The highest BCUT2D eigenvalue weighted by Gasteiger charge is 2.20. The Kier molecular flexibility index (Phi) is 6.98. The highest BCUT2D eigenvalue weighted by atomic mass is 16.1. The third kappa shape index (κ3) is 6.17. The van der Waals surface area contributed by atoms with Crippen molar-refractivity contribution in [3.8, 4) is 0 Å². The van der Waals surface area contributed by atoms with Crippen LogP contribution in [0.25, 0.3) is 0 Å². The minimum Gasteiger partial charge on any atom is -0.370 e. The van der Waals surface area contributed by atoms with Crippen molar-refractivity contribution >= 4 is 5.91 Å². The van der Waals surface area contributed by atoms with Crippen LogP contribution in [-0.2, 0) is 4.79 Å².